The number of carbonyl (C=O) groups is 2. The first-order chi connectivity index (χ1) is 11.7. The van der Waals surface area contributed by atoms with Crippen molar-refractivity contribution >= 4 is 37.9 Å². The standard InChI is InChI=1S/C16H14BrNO6S/c1-23-15(19)11-4-2-10(3-5-11)9-24-16(20)13-8-12(25(18,21)22)6-7-14(13)17/h2-8H,9H2,1H3,(H2,18,21,22). The Morgan fingerprint density at radius 2 is 1.72 bits per heavy atom. The van der Waals surface area contributed by atoms with Crippen LogP contribution < -0.4 is 5.14 Å². The molecule has 132 valence electrons. The predicted molar refractivity (Wildman–Crippen MR) is 92.4 cm³/mol. The summed E-state index contributed by atoms with van der Waals surface area (Å²) in [5.74, 6) is -1.18. The third-order valence-electron chi connectivity index (χ3n) is 3.23. The number of sulfonamides is 1. The van der Waals surface area contributed by atoms with Gasteiger partial charge in [-0.15, -0.1) is 0 Å². The molecule has 9 heteroatoms. The van der Waals surface area contributed by atoms with E-state index < -0.39 is 22.0 Å². The summed E-state index contributed by atoms with van der Waals surface area (Å²) in [7, 11) is -2.65. The van der Waals surface area contributed by atoms with Crippen molar-refractivity contribution in [3.8, 4) is 0 Å². The molecule has 0 amide bonds. The van der Waals surface area contributed by atoms with E-state index in [0.29, 0.717) is 15.6 Å². The zero-order chi connectivity index (χ0) is 18.6. The first kappa shape index (κ1) is 19.1. The minimum atomic E-state index is -3.93. The van der Waals surface area contributed by atoms with Crippen LogP contribution in [0, 0.1) is 0 Å². The lowest BCUT2D eigenvalue weighted by Gasteiger charge is -2.08. The Kier molecular flexibility index (Phi) is 5.93. The van der Waals surface area contributed by atoms with E-state index >= 15 is 0 Å². The van der Waals surface area contributed by atoms with Crippen LogP contribution in [-0.4, -0.2) is 27.5 Å². The molecule has 0 radical (unpaired) electrons. The van der Waals surface area contributed by atoms with Crippen LogP contribution >= 0.6 is 15.9 Å². The fourth-order valence-corrected chi connectivity index (χ4v) is 2.87. The van der Waals surface area contributed by atoms with Crippen LogP contribution in [0.5, 0.6) is 0 Å². The SMILES string of the molecule is COC(=O)c1ccc(COC(=O)c2cc(S(N)(=O)=O)ccc2Br)cc1. The highest BCUT2D eigenvalue weighted by Gasteiger charge is 2.17. The Bertz CT molecular complexity index is 909. The number of hydrogen-bond acceptors (Lipinski definition) is 6. The fourth-order valence-electron chi connectivity index (χ4n) is 1.92. The number of hydrogen-bond donors (Lipinski definition) is 1. The van der Waals surface area contributed by atoms with Gasteiger partial charge in [-0.25, -0.2) is 23.1 Å². The van der Waals surface area contributed by atoms with Crippen molar-refractivity contribution in [2.75, 3.05) is 7.11 Å². The molecule has 0 spiro atoms. The van der Waals surface area contributed by atoms with Gasteiger partial charge in [-0.3, -0.25) is 0 Å². The summed E-state index contributed by atoms with van der Waals surface area (Å²) in [6, 6.07) is 10.2. The average molecular weight is 428 g/mol. The molecule has 2 N–H and O–H groups in total. The van der Waals surface area contributed by atoms with E-state index in [1.165, 1.54) is 19.2 Å². The molecule has 0 aliphatic rings. The van der Waals surface area contributed by atoms with Crippen molar-refractivity contribution in [1.29, 1.82) is 0 Å². The van der Waals surface area contributed by atoms with Crippen molar-refractivity contribution in [1.82, 2.24) is 0 Å². The molecule has 0 unspecified atom stereocenters. The molecule has 0 heterocycles. The Morgan fingerprint density at radius 3 is 2.28 bits per heavy atom. The second kappa shape index (κ2) is 7.77. The summed E-state index contributed by atoms with van der Waals surface area (Å²) >= 11 is 3.17. The number of nitrogens with two attached hydrogens (primary N) is 1. The lowest BCUT2D eigenvalue weighted by atomic mass is 10.1. The Hall–Kier alpha value is -2.23. The van der Waals surface area contributed by atoms with Gasteiger partial charge in [0.1, 0.15) is 6.61 Å². The third kappa shape index (κ3) is 4.88. The smallest absolute Gasteiger partial charge is 0.339 e. The van der Waals surface area contributed by atoms with Gasteiger partial charge in [0.15, 0.2) is 0 Å². The third-order valence-corrected chi connectivity index (χ3v) is 4.83. The molecule has 0 bridgehead atoms. The van der Waals surface area contributed by atoms with Crippen LogP contribution in [0.3, 0.4) is 0 Å². The lowest BCUT2D eigenvalue weighted by molar-refractivity contribution is 0.0470. The average Bonchev–Trinajstić information content (AvgIpc) is 2.58. The second-order valence-corrected chi connectivity index (χ2v) is 7.37. The van der Waals surface area contributed by atoms with E-state index in [4.69, 9.17) is 9.88 Å². The predicted octanol–water partition coefficient (Wildman–Crippen LogP) is 2.24. The van der Waals surface area contributed by atoms with Crippen molar-refractivity contribution in [3.63, 3.8) is 0 Å². The lowest BCUT2D eigenvalue weighted by Crippen LogP contribution is -2.14. The van der Waals surface area contributed by atoms with Gasteiger partial charge in [-0.2, -0.15) is 0 Å². The molecule has 0 aliphatic carbocycles. The molecular formula is C16H14BrNO6S. The van der Waals surface area contributed by atoms with Crippen LogP contribution in [0.1, 0.15) is 26.3 Å². The van der Waals surface area contributed by atoms with E-state index in [1.807, 2.05) is 0 Å². The zero-order valence-electron chi connectivity index (χ0n) is 13.1. The van der Waals surface area contributed by atoms with Crippen molar-refractivity contribution in [2.45, 2.75) is 11.5 Å². The molecule has 7 nitrogen and oxygen atoms in total. The minimum absolute atomic E-state index is 0.0395. The number of methoxy groups -OCH3 is 1. The van der Waals surface area contributed by atoms with Gasteiger partial charge < -0.3 is 9.47 Å². The molecule has 25 heavy (non-hydrogen) atoms. The highest BCUT2D eigenvalue weighted by atomic mass is 79.9. The molecule has 0 fully saturated rings. The Labute approximate surface area is 152 Å². The van der Waals surface area contributed by atoms with Crippen LogP contribution in [0.15, 0.2) is 51.8 Å². The first-order valence-electron chi connectivity index (χ1n) is 6.89. The van der Waals surface area contributed by atoms with Gasteiger partial charge in [0.05, 0.1) is 23.1 Å². The molecule has 0 aliphatic heterocycles. The van der Waals surface area contributed by atoms with Crippen LogP contribution in [0.25, 0.3) is 0 Å². The summed E-state index contributed by atoms with van der Waals surface area (Å²) in [5, 5.41) is 5.06. The molecule has 0 saturated carbocycles. The van der Waals surface area contributed by atoms with Gasteiger partial charge in [0, 0.05) is 4.47 Å². The van der Waals surface area contributed by atoms with Crippen LogP contribution in [0.4, 0.5) is 0 Å². The number of esters is 2. The quantitative estimate of drug-likeness (QED) is 0.731. The van der Waals surface area contributed by atoms with E-state index in [-0.39, 0.29) is 17.1 Å². The molecule has 0 aromatic heterocycles. The first-order valence-corrected chi connectivity index (χ1v) is 9.23. The number of halogens is 1. The largest absolute Gasteiger partial charge is 0.465 e. The Morgan fingerprint density at radius 1 is 1.08 bits per heavy atom. The maximum Gasteiger partial charge on any atom is 0.339 e. The number of carbonyl (C=O) groups excluding carboxylic acids is 2. The summed E-state index contributed by atoms with van der Waals surface area (Å²) in [6.45, 7) is -0.0493. The van der Waals surface area contributed by atoms with Gasteiger partial charge >= 0.3 is 11.9 Å². The van der Waals surface area contributed by atoms with E-state index in [1.54, 1.807) is 24.3 Å². The molecule has 2 rings (SSSR count). The van der Waals surface area contributed by atoms with Crippen molar-refractivity contribution in [2.24, 2.45) is 5.14 Å². The molecule has 2 aromatic rings. The molecule has 0 atom stereocenters. The minimum Gasteiger partial charge on any atom is -0.465 e. The number of primary sulfonamides is 1. The fraction of sp³-hybridized carbons (Fsp3) is 0.125. The molecule has 0 saturated heterocycles. The van der Waals surface area contributed by atoms with Crippen LogP contribution in [-0.2, 0) is 26.1 Å². The zero-order valence-corrected chi connectivity index (χ0v) is 15.5. The van der Waals surface area contributed by atoms with Gasteiger partial charge in [0.25, 0.3) is 0 Å². The topological polar surface area (TPSA) is 113 Å². The highest BCUT2D eigenvalue weighted by molar-refractivity contribution is 9.10. The van der Waals surface area contributed by atoms with Gasteiger partial charge in [-0.05, 0) is 51.8 Å². The van der Waals surface area contributed by atoms with Gasteiger partial charge in [0.2, 0.25) is 10.0 Å². The van der Waals surface area contributed by atoms with E-state index in [9.17, 15) is 18.0 Å². The summed E-state index contributed by atoms with van der Waals surface area (Å²) in [5.41, 5.74) is 1.07. The number of ether oxygens (including phenoxy) is 2. The van der Waals surface area contributed by atoms with E-state index in [2.05, 4.69) is 20.7 Å². The maximum atomic E-state index is 12.2. The molecule has 2 aromatic carbocycles. The van der Waals surface area contributed by atoms with Crippen molar-refractivity contribution < 1.29 is 27.5 Å². The summed E-state index contributed by atoms with van der Waals surface area (Å²) < 4.78 is 32.9. The number of benzene rings is 2. The number of rotatable bonds is 5. The second-order valence-electron chi connectivity index (χ2n) is 4.95. The van der Waals surface area contributed by atoms with Crippen LogP contribution in [0.2, 0.25) is 0 Å². The summed E-state index contributed by atoms with van der Waals surface area (Å²) in [6.07, 6.45) is 0. The normalized spacial score (nSPS) is 11.0. The van der Waals surface area contributed by atoms with Crippen molar-refractivity contribution in [3.05, 3.63) is 63.6 Å². The monoisotopic (exact) mass is 427 g/mol. The molecular weight excluding hydrogens is 414 g/mol. The highest BCUT2D eigenvalue weighted by Crippen LogP contribution is 2.22. The Balaban J connectivity index is 2.11. The van der Waals surface area contributed by atoms with E-state index in [0.717, 1.165) is 6.07 Å². The maximum absolute atomic E-state index is 12.2. The van der Waals surface area contributed by atoms with Gasteiger partial charge in [-0.1, -0.05) is 12.1 Å². The summed E-state index contributed by atoms with van der Waals surface area (Å²) in [4.78, 5) is 23.3.